The number of carbonyl (C=O) groups excluding carboxylic acids is 2. The molecule has 0 bridgehead atoms. The highest BCUT2D eigenvalue weighted by atomic mass is 16.5. The van der Waals surface area contributed by atoms with Crippen molar-refractivity contribution in [3.8, 4) is 17.1 Å². The summed E-state index contributed by atoms with van der Waals surface area (Å²) >= 11 is 0. The number of hydrogen-bond donors (Lipinski definition) is 1. The van der Waals surface area contributed by atoms with Crippen LogP contribution in [0, 0.1) is 6.92 Å². The molecule has 0 spiro atoms. The van der Waals surface area contributed by atoms with Crippen LogP contribution in [-0.2, 0) is 9.53 Å². The van der Waals surface area contributed by atoms with Crippen molar-refractivity contribution >= 4 is 17.6 Å². The van der Waals surface area contributed by atoms with E-state index in [1.807, 2.05) is 79.7 Å². The molecule has 0 radical (unpaired) electrons. The zero-order valence-corrected chi connectivity index (χ0v) is 17.7. The first-order chi connectivity index (χ1) is 15.5. The van der Waals surface area contributed by atoms with Crippen LogP contribution in [0.1, 0.15) is 23.1 Å². The largest absolute Gasteiger partial charge is 0.447 e. The monoisotopic (exact) mass is 426 g/mol. The Kier molecular flexibility index (Phi) is 6.07. The summed E-state index contributed by atoms with van der Waals surface area (Å²) in [6, 6.07) is 26.2. The molecule has 0 saturated carbocycles. The Labute approximate surface area is 185 Å². The summed E-state index contributed by atoms with van der Waals surface area (Å²) in [4.78, 5) is 29.6. The number of rotatable bonds is 6. The van der Waals surface area contributed by atoms with Crippen LogP contribution in [0.3, 0.4) is 0 Å². The van der Waals surface area contributed by atoms with Crippen LogP contribution in [0.4, 0.5) is 5.69 Å². The van der Waals surface area contributed by atoms with Gasteiger partial charge in [-0.25, -0.2) is 14.5 Å². The molecular formula is C25H22N4O3. The molecule has 1 aromatic heterocycles. The molecule has 1 unspecified atom stereocenters. The highest BCUT2D eigenvalue weighted by Gasteiger charge is 2.24. The molecule has 160 valence electrons. The van der Waals surface area contributed by atoms with Gasteiger partial charge in [0.1, 0.15) is 0 Å². The highest BCUT2D eigenvalue weighted by molar-refractivity contribution is 5.96. The second-order valence-electron chi connectivity index (χ2n) is 7.28. The third-order valence-corrected chi connectivity index (χ3v) is 4.79. The summed E-state index contributed by atoms with van der Waals surface area (Å²) in [5.41, 5.74) is 3.26. The number of benzene rings is 3. The summed E-state index contributed by atoms with van der Waals surface area (Å²) in [7, 11) is 0. The molecule has 0 aliphatic rings. The van der Waals surface area contributed by atoms with Crippen LogP contribution in [0.2, 0.25) is 0 Å². The molecule has 1 amide bonds. The first-order valence-corrected chi connectivity index (χ1v) is 10.2. The lowest BCUT2D eigenvalue weighted by atomic mass is 10.2. The zero-order valence-electron chi connectivity index (χ0n) is 17.7. The number of nitrogens with one attached hydrogen (secondary N) is 1. The van der Waals surface area contributed by atoms with Gasteiger partial charge >= 0.3 is 5.97 Å². The predicted octanol–water partition coefficient (Wildman–Crippen LogP) is 4.43. The Hall–Kier alpha value is -4.26. The van der Waals surface area contributed by atoms with Gasteiger partial charge < -0.3 is 10.1 Å². The quantitative estimate of drug-likeness (QED) is 0.461. The third kappa shape index (κ3) is 4.73. The van der Waals surface area contributed by atoms with E-state index in [2.05, 4.69) is 15.4 Å². The molecule has 7 nitrogen and oxygen atoms in total. The lowest BCUT2D eigenvalue weighted by molar-refractivity contribution is -0.123. The maximum atomic E-state index is 12.7. The summed E-state index contributed by atoms with van der Waals surface area (Å²) in [5.74, 6) is -0.834. The lowest BCUT2D eigenvalue weighted by Gasteiger charge is -2.12. The lowest BCUT2D eigenvalue weighted by Crippen LogP contribution is -2.30. The van der Waals surface area contributed by atoms with Crippen LogP contribution in [0.5, 0.6) is 0 Å². The predicted molar refractivity (Wildman–Crippen MR) is 121 cm³/mol. The summed E-state index contributed by atoms with van der Waals surface area (Å²) in [6.45, 7) is 3.47. The van der Waals surface area contributed by atoms with Crippen LogP contribution in [-0.4, -0.2) is 32.7 Å². The number of esters is 1. The van der Waals surface area contributed by atoms with Crippen molar-refractivity contribution < 1.29 is 14.3 Å². The Balaban J connectivity index is 1.55. The van der Waals surface area contributed by atoms with E-state index in [-0.39, 0.29) is 5.82 Å². The van der Waals surface area contributed by atoms with Crippen molar-refractivity contribution in [2.24, 2.45) is 0 Å². The number of anilines is 1. The fourth-order valence-electron chi connectivity index (χ4n) is 3.07. The van der Waals surface area contributed by atoms with Gasteiger partial charge in [-0.2, -0.15) is 0 Å². The Morgan fingerprint density at radius 1 is 0.906 bits per heavy atom. The minimum absolute atomic E-state index is 0.123. The SMILES string of the molecule is Cc1ccc(NC(=O)C(C)OC(=O)c2nc(-c3ccccc3)n(-c3ccccc3)n2)cc1. The first kappa shape index (κ1) is 21.0. The van der Waals surface area contributed by atoms with E-state index in [1.165, 1.54) is 6.92 Å². The van der Waals surface area contributed by atoms with Gasteiger partial charge in [0.25, 0.3) is 11.7 Å². The number of nitrogens with zero attached hydrogens (tertiary/aromatic N) is 3. The van der Waals surface area contributed by atoms with Gasteiger partial charge in [0.05, 0.1) is 5.69 Å². The van der Waals surface area contributed by atoms with Crippen molar-refractivity contribution in [2.45, 2.75) is 20.0 Å². The van der Waals surface area contributed by atoms with E-state index in [4.69, 9.17) is 4.74 Å². The van der Waals surface area contributed by atoms with Gasteiger partial charge in [-0.1, -0.05) is 66.2 Å². The van der Waals surface area contributed by atoms with Gasteiger partial charge in [0.2, 0.25) is 0 Å². The van der Waals surface area contributed by atoms with Gasteiger partial charge in [-0.05, 0) is 38.1 Å². The molecule has 1 atom stereocenters. The maximum absolute atomic E-state index is 12.7. The fraction of sp³-hybridized carbons (Fsp3) is 0.120. The second-order valence-corrected chi connectivity index (χ2v) is 7.28. The van der Waals surface area contributed by atoms with Crippen LogP contribution in [0.15, 0.2) is 84.9 Å². The summed E-state index contributed by atoms with van der Waals surface area (Å²) < 4.78 is 6.93. The molecule has 1 N–H and O–H groups in total. The van der Waals surface area contributed by atoms with Gasteiger partial charge in [0.15, 0.2) is 11.9 Å². The molecule has 4 aromatic rings. The van der Waals surface area contributed by atoms with Crippen molar-refractivity contribution in [3.63, 3.8) is 0 Å². The molecule has 1 heterocycles. The number of aromatic nitrogens is 3. The highest BCUT2D eigenvalue weighted by Crippen LogP contribution is 2.21. The normalized spacial score (nSPS) is 11.6. The fourth-order valence-corrected chi connectivity index (χ4v) is 3.07. The molecule has 32 heavy (non-hydrogen) atoms. The third-order valence-electron chi connectivity index (χ3n) is 4.79. The van der Waals surface area contributed by atoms with Crippen LogP contribution < -0.4 is 5.32 Å². The van der Waals surface area contributed by atoms with E-state index in [9.17, 15) is 9.59 Å². The summed E-state index contributed by atoms with van der Waals surface area (Å²) in [6.07, 6.45) is -1.02. The minimum Gasteiger partial charge on any atom is -0.447 e. The van der Waals surface area contributed by atoms with Crippen molar-refractivity contribution in [3.05, 3.63) is 96.3 Å². The number of aryl methyl sites for hydroxylation is 1. The average molecular weight is 426 g/mol. The van der Waals surface area contributed by atoms with Crippen molar-refractivity contribution in [2.75, 3.05) is 5.32 Å². The Morgan fingerprint density at radius 2 is 1.53 bits per heavy atom. The molecule has 4 rings (SSSR count). The molecule has 0 saturated heterocycles. The average Bonchev–Trinajstić information content (AvgIpc) is 3.27. The molecular weight excluding hydrogens is 404 g/mol. The molecule has 0 aliphatic heterocycles. The standard InChI is InChI=1S/C25H22N4O3/c1-17-13-15-20(16-14-17)26-24(30)18(2)32-25(31)22-27-23(19-9-5-3-6-10-19)29(28-22)21-11-7-4-8-12-21/h3-16,18H,1-2H3,(H,26,30). The second kappa shape index (κ2) is 9.26. The van der Waals surface area contributed by atoms with Crippen molar-refractivity contribution in [1.82, 2.24) is 14.8 Å². The maximum Gasteiger partial charge on any atom is 0.379 e. The number of ether oxygens (including phenoxy) is 1. The number of amides is 1. The zero-order chi connectivity index (χ0) is 22.5. The van der Waals surface area contributed by atoms with Gasteiger partial charge in [-0.15, -0.1) is 5.10 Å². The molecule has 3 aromatic carbocycles. The topological polar surface area (TPSA) is 86.1 Å². The van der Waals surface area contributed by atoms with Crippen molar-refractivity contribution in [1.29, 1.82) is 0 Å². The number of para-hydroxylation sites is 1. The molecule has 0 aliphatic carbocycles. The minimum atomic E-state index is -1.02. The van der Waals surface area contributed by atoms with E-state index in [1.54, 1.807) is 16.8 Å². The van der Waals surface area contributed by atoms with E-state index >= 15 is 0 Å². The molecule has 0 fully saturated rings. The van der Waals surface area contributed by atoms with E-state index < -0.39 is 18.0 Å². The van der Waals surface area contributed by atoms with Gasteiger partial charge in [0, 0.05) is 11.3 Å². The summed E-state index contributed by atoms with van der Waals surface area (Å²) in [5, 5.41) is 7.09. The first-order valence-electron chi connectivity index (χ1n) is 10.2. The van der Waals surface area contributed by atoms with Gasteiger partial charge in [-0.3, -0.25) is 4.79 Å². The Morgan fingerprint density at radius 3 is 2.19 bits per heavy atom. The van der Waals surface area contributed by atoms with Crippen LogP contribution in [0.25, 0.3) is 17.1 Å². The van der Waals surface area contributed by atoms with Crippen LogP contribution >= 0.6 is 0 Å². The number of carbonyl (C=O) groups is 2. The van der Waals surface area contributed by atoms with E-state index in [0.717, 1.165) is 16.8 Å². The van der Waals surface area contributed by atoms with E-state index in [0.29, 0.717) is 11.5 Å². The Bertz CT molecular complexity index is 1160. The molecule has 7 heteroatoms. The smallest absolute Gasteiger partial charge is 0.379 e. The number of hydrogen-bond acceptors (Lipinski definition) is 5.